The van der Waals surface area contributed by atoms with E-state index in [1.54, 1.807) is 35.1 Å². The van der Waals surface area contributed by atoms with Crippen LogP contribution in [-0.2, 0) is 77.5 Å². The van der Waals surface area contributed by atoms with Crippen LogP contribution in [0.2, 0.25) is 48.4 Å². The van der Waals surface area contributed by atoms with E-state index in [9.17, 15) is 58.5 Å². The van der Waals surface area contributed by atoms with E-state index in [-0.39, 0.29) is 193 Å². The predicted octanol–water partition coefficient (Wildman–Crippen LogP) is 11.9. The van der Waals surface area contributed by atoms with E-state index in [4.69, 9.17) is 58.9 Å². The maximum atomic E-state index is 13.8. The molecular weight excluding hydrogens is 1450 g/mol. The zero-order valence-electron chi connectivity index (χ0n) is 53.3. The van der Waals surface area contributed by atoms with E-state index in [1.165, 1.54) is 30.3 Å². The molecule has 6 saturated heterocycles. The van der Waals surface area contributed by atoms with E-state index >= 15 is 0 Å². The Morgan fingerprint density at radius 2 is 0.800 bits per heavy atom. The minimum Gasteiger partial charge on any atom is -0.508 e. The average Bonchev–Trinajstić information content (AvgIpc) is 0.754. The average molecular weight is 1520 g/mol. The van der Waals surface area contributed by atoms with Crippen LogP contribution in [0.3, 0.4) is 0 Å². The van der Waals surface area contributed by atoms with Gasteiger partial charge in [-0.3, -0.25) is 9.48 Å². The summed E-state index contributed by atoms with van der Waals surface area (Å²) < 4.78 is 105. The van der Waals surface area contributed by atoms with Crippen molar-refractivity contribution in [3.8, 4) is 23.0 Å². The second-order valence-electron chi connectivity index (χ2n) is 23.5. The van der Waals surface area contributed by atoms with Crippen LogP contribution in [0.25, 0.3) is 73.1 Å². The van der Waals surface area contributed by atoms with Gasteiger partial charge in [0.2, 0.25) is 5.91 Å². The number of amides is 1. The van der Waals surface area contributed by atoms with Crippen LogP contribution in [0.1, 0.15) is 90.5 Å². The summed E-state index contributed by atoms with van der Waals surface area (Å²) >= 11 is 0. The van der Waals surface area contributed by atoms with Gasteiger partial charge in [-0.05, 0) is 126 Å². The molecule has 1 amide bonds. The van der Waals surface area contributed by atoms with Crippen LogP contribution in [-0.4, -0.2) is 153 Å². The predicted molar refractivity (Wildman–Crippen MR) is 358 cm³/mol. The van der Waals surface area contributed by atoms with Gasteiger partial charge < -0.3 is 74.4 Å². The SMILES string of the molecule is [N-]=[N+]=NCCC[Si]12O[Si]3(CCCN=[N+]=[N-])O[Si]4(CCCN=[N+]=[N-])O[Si](CCCN=[N+]=[N-])(O1)O[Si]1(CCCN=[N+]=[N-])O[Si](CCCN=[N+]=[N-])(O2)O[Si](CCCN=[N+]=[N-])(O3)O[Si](CCCn2cc(CCC(=O)Nc3ccc5c(c3)C(=O)OC53c5ccc(O)cc5Oc5cc(O)ccc53)nn2)(O4)O1. The Hall–Kier alpha value is -8.43. The quantitative estimate of drug-likeness (QED) is 0.00950. The second kappa shape index (κ2) is 31.6. The third-order valence-corrected chi connectivity index (χ3v) is 54.1. The van der Waals surface area contributed by atoms with Crippen LogP contribution in [0.4, 0.5) is 5.69 Å². The number of esters is 1. The van der Waals surface area contributed by atoms with Gasteiger partial charge in [0.1, 0.15) is 23.0 Å². The Morgan fingerprint density at radius 3 is 1.14 bits per heavy atom. The molecule has 8 aliphatic rings. The number of carbonyl (C=O) groups excluding carboxylic acids is 2. The molecule has 43 nitrogen and oxygen atoms in total. The number of ether oxygens (including phenoxy) is 2. The zero-order valence-corrected chi connectivity index (χ0v) is 61.3. The molecule has 526 valence electrons. The van der Waals surface area contributed by atoms with Crippen LogP contribution in [0, 0.1) is 0 Å². The molecule has 0 unspecified atom stereocenters. The summed E-state index contributed by atoms with van der Waals surface area (Å²) in [6.45, 7) is -0.577. The van der Waals surface area contributed by atoms with E-state index in [2.05, 4.69) is 85.8 Å². The monoisotopic (exact) mass is 1520 g/mol. The molecule has 8 aliphatic heterocycles. The Labute approximate surface area is 575 Å². The fraction of sp³-hybridized carbons (Fsp3) is 0.551. The summed E-state index contributed by atoms with van der Waals surface area (Å²) in [6, 6.07) is 12.5. The van der Waals surface area contributed by atoms with Gasteiger partial charge >= 0.3 is 76.4 Å². The summed E-state index contributed by atoms with van der Waals surface area (Å²) in [5.41, 5.74) is 67.4. The molecule has 6 fully saturated rings. The van der Waals surface area contributed by atoms with Crippen molar-refractivity contribution >= 4 is 88.0 Å². The highest BCUT2D eigenvalue weighted by Crippen LogP contribution is 2.59. The number of phenols is 2. The normalized spacial score (nSPS) is 27.3. The number of azide groups is 7. The van der Waals surface area contributed by atoms with Gasteiger partial charge in [0.15, 0.2) is 5.60 Å². The lowest BCUT2D eigenvalue weighted by atomic mass is 9.77. The fourth-order valence-corrected chi connectivity index (χ4v) is 63.0. The van der Waals surface area contributed by atoms with Crippen molar-refractivity contribution in [2.24, 2.45) is 35.8 Å². The first-order chi connectivity index (χ1) is 48.4. The Kier molecular flexibility index (Phi) is 23.0. The van der Waals surface area contributed by atoms with Gasteiger partial charge in [-0.2, -0.15) is 0 Å². The molecule has 3 aromatic carbocycles. The van der Waals surface area contributed by atoms with Crippen LogP contribution >= 0.6 is 0 Å². The summed E-state index contributed by atoms with van der Waals surface area (Å²) in [4.78, 5) is 48.4. The molecule has 9 heterocycles. The molecule has 1 aromatic heterocycles. The van der Waals surface area contributed by atoms with Crippen LogP contribution in [0.5, 0.6) is 23.0 Å². The van der Waals surface area contributed by atoms with Gasteiger partial charge in [-0.15, -0.1) is 5.10 Å². The smallest absolute Gasteiger partial charge is 0.478 e. The van der Waals surface area contributed by atoms with E-state index in [0.717, 1.165) is 0 Å². The van der Waals surface area contributed by atoms with Crippen molar-refractivity contribution in [3.05, 3.63) is 162 Å². The van der Waals surface area contributed by atoms with Crippen molar-refractivity contribution in [1.82, 2.24) is 15.0 Å². The second-order valence-corrected chi connectivity index (χ2v) is 48.2. The number of anilines is 1. The first-order valence-corrected chi connectivity index (χ1v) is 47.3. The maximum Gasteiger partial charge on any atom is 0.478 e. The fourth-order valence-electron chi connectivity index (χ4n) is 12.7. The standard InChI is InChI=1S/C49H65N25O18Si8/c50-66-57-17-1-25-93-81-94(26-2-18-58-67-51)84-97(29-5-21-61-70-54)86-95(82-93,27-3-19-59-68-52)88-99(31-7-23-63-72-56)89-96(83-93,28-4-20-60-69-53)87-98(85-94,30-6-22-62-71-55)91-100(90-97,92-99)32-8-24-74-36-38(65-73-74)10-16-47(77)64-37-9-13-42-41(33-37)48(78)80-49(42)43-14-11-39(75)34-45(43)79-46-35-40(76)12-15-44(46)49/h9,11-15,33-36,75-76H,1-8,10,16-32H2,(H,64,77). The van der Waals surface area contributed by atoms with Crippen LogP contribution in [0.15, 0.2) is 96.6 Å². The lowest BCUT2D eigenvalue weighted by Gasteiger charge is -2.63. The number of nitrogens with one attached hydrogen (secondary N) is 1. The zero-order chi connectivity index (χ0) is 70.4. The Morgan fingerprint density at radius 1 is 0.470 bits per heavy atom. The number of carbonyl (C=O) groups is 2. The number of aromatic nitrogens is 3. The van der Waals surface area contributed by atoms with Gasteiger partial charge in [-0.25, -0.2) is 4.79 Å². The van der Waals surface area contributed by atoms with E-state index in [0.29, 0.717) is 28.1 Å². The molecule has 0 atom stereocenters. The minimum absolute atomic E-state index is 0.0557. The Balaban J connectivity index is 0.941. The summed E-state index contributed by atoms with van der Waals surface area (Å²) in [5.74, 6) is -0.883. The molecule has 0 saturated carbocycles. The highest BCUT2D eigenvalue weighted by Gasteiger charge is 2.83. The molecule has 4 aromatic rings. The molecule has 100 heavy (non-hydrogen) atoms. The topological polar surface area (TPSA) is 588 Å². The number of benzene rings is 3. The summed E-state index contributed by atoms with van der Waals surface area (Å²) in [7, 11) is -38.0. The first-order valence-electron chi connectivity index (χ1n) is 31.8. The number of hydrogen-bond donors (Lipinski definition) is 3. The van der Waals surface area contributed by atoms with Gasteiger partial charge in [0.25, 0.3) is 0 Å². The van der Waals surface area contributed by atoms with Crippen molar-refractivity contribution in [1.29, 1.82) is 0 Å². The number of hydrogen-bond acceptors (Lipinski definition) is 27. The molecular formula is C49H65N25O18Si8. The summed E-state index contributed by atoms with van der Waals surface area (Å²) in [6.07, 6.45) is 2.22. The molecule has 0 radical (unpaired) electrons. The highest BCUT2D eigenvalue weighted by atomic mass is 28.6. The number of rotatable bonds is 36. The largest absolute Gasteiger partial charge is 0.508 e. The van der Waals surface area contributed by atoms with Gasteiger partial charge in [0.05, 0.1) is 11.3 Å². The number of aryl methyl sites for hydroxylation is 2. The van der Waals surface area contributed by atoms with Crippen molar-refractivity contribution in [3.63, 3.8) is 0 Å². The van der Waals surface area contributed by atoms with Crippen LogP contribution < -0.4 is 10.1 Å². The van der Waals surface area contributed by atoms with Crippen molar-refractivity contribution < 1.29 is 78.7 Å². The molecule has 1 spiro atoms. The third-order valence-electron chi connectivity index (χ3n) is 16.5. The van der Waals surface area contributed by atoms with Gasteiger partial charge in [0, 0.05) is 189 Å². The molecule has 8 bridgehead atoms. The van der Waals surface area contributed by atoms with Crippen molar-refractivity contribution in [2.75, 3.05) is 51.1 Å². The molecule has 3 N–H and O–H groups in total. The number of fused-ring (bicyclic) bond motifs is 6. The number of phenolic OH excluding ortho intramolecular Hbond substituents is 2. The number of nitrogens with zero attached hydrogens (tertiary/aromatic N) is 24. The Bertz CT molecular complexity index is 3850. The minimum atomic E-state index is -4.81. The molecule has 0 aliphatic carbocycles. The highest BCUT2D eigenvalue weighted by molar-refractivity contribution is 7.03. The lowest BCUT2D eigenvalue weighted by molar-refractivity contribution is -0.116. The maximum absolute atomic E-state index is 13.8. The van der Waals surface area contributed by atoms with E-state index < -0.39 is 87.9 Å². The lowest BCUT2D eigenvalue weighted by Crippen LogP contribution is -2.88. The molecule has 51 heteroatoms. The number of aromatic hydroxyl groups is 2. The summed E-state index contributed by atoms with van der Waals surface area (Å²) in [5, 5.41) is 59.1. The molecule has 12 rings (SSSR count). The van der Waals surface area contributed by atoms with Gasteiger partial charge in [-0.1, -0.05) is 47.1 Å². The first kappa shape index (κ1) is 72.8. The van der Waals surface area contributed by atoms with Crippen molar-refractivity contribution in [2.45, 2.75) is 125 Å². The van der Waals surface area contributed by atoms with E-state index in [1.807, 2.05) is 0 Å². The third kappa shape index (κ3) is 16.3.